The number of hydrogen-bond donors (Lipinski definition) is 1. The highest BCUT2D eigenvalue weighted by Crippen LogP contribution is 2.20. The summed E-state index contributed by atoms with van der Waals surface area (Å²) < 4.78 is 13.2. The van der Waals surface area contributed by atoms with E-state index >= 15 is 0 Å². The minimum Gasteiger partial charge on any atom is -0.405 e. The van der Waals surface area contributed by atoms with Gasteiger partial charge in [-0.3, -0.25) is 0 Å². The van der Waals surface area contributed by atoms with Crippen LogP contribution in [0.4, 0.5) is 4.39 Å². The molecule has 0 aliphatic heterocycles. The smallest absolute Gasteiger partial charge is 0.120 e. The largest absolute Gasteiger partial charge is 0.405 e. The molecule has 96 valence electrons. The molecule has 0 spiro atoms. The van der Waals surface area contributed by atoms with E-state index in [1.54, 1.807) is 0 Å². The van der Waals surface area contributed by atoms with Crippen molar-refractivity contribution in [2.24, 2.45) is 5.73 Å². The molecule has 0 aliphatic rings. The van der Waals surface area contributed by atoms with Crippen molar-refractivity contribution in [3.05, 3.63) is 84.3 Å². The van der Waals surface area contributed by atoms with Crippen LogP contribution in [-0.2, 0) is 6.42 Å². The van der Waals surface area contributed by atoms with Crippen molar-refractivity contribution in [3.63, 3.8) is 0 Å². The summed E-state index contributed by atoms with van der Waals surface area (Å²) >= 11 is 0. The van der Waals surface area contributed by atoms with E-state index < -0.39 is 0 Å². The van der Waals surface area contributed by atoms with Crippen LogP contribution in [-0.4, -0.2) is 0 Å². The monoisotopic (exact) mass is 253 g/mol. The summed E-state index contributed by atoms with van der Waals surface area (Å²) in [5.74, 6) is -0.312. The van der Waals surface area contributed by atoms with Crippen molar-refractivity contribution in [1.82, 2.24) is 0 Å². The lowest BCUT2D eigenvalue weighted by Gasteiger charge is -2.04. The topological polar surface area (TPSA) is 26.0 Å². The Morgan fingerprint density at radius 1 is 1.00 bits per heavy atom. The van der Waals surface area contributed by atoms with E-state index in [2.05, 4.69) is 24.3 Å². The van der Waals surface area contributed by atoms with E-state index in [0.717, 1.165) is 16.7 Å². The molecular formula is C17H16FN. The van der Waals surface area contributed by atoms with E-state index in [1.807, 2.05) is 30.3 Å². The maximum atomic E-state index is 13.2. The summed E-state index contributed by atoms with van der Waals surface area (Å²) in [5.41, 5.74) is 8.51. The third kappa shape index (κ3) is 3.81. The molecule has 2 rings (SSSR count). The number of allylic oxidation sites excluding steroid dienone is 3. The molecule has 0 radical (unpaired) electrons. The molecule has 19 heavy (non-hydrogen) atoms. The van der Waals surface area contributed by atoms with E-state index in [9.17, 15) is 4.39 Å². The maximum Gasteiger partial charge on any atom is 0.120 e. The van der Waals surface area contributed by atoms with Gasteiger partial charge < -0.3 is 5.73 Å². The number of halogens is 1. The first-order valence-corrected chi connectivity index (χ1v) is 6.18. The SMILES string of the molecule is N/C=C\C(F)=C/Cc1cccc(-c2ccccc2)c1. The van der Waals surface area contributed by atoms with Gasteiger partial charge in [0.25, 0.3) is 0 Å². The van der Waals surface area contributed by atoms with Gasteiger partial charge in [-0.15, -0.1) is 0 Å². The summed E-state index contributed by atoms with van der Waals surface area (Å²) in [6, 6.07) is 18.2. The zero-order chi connectivity index (χ0) is 13.5. The van der Waals surface area contributed by atoms with Gasteiger partial charge in [0.15, 0.2) is 0 Å². The summed E-state index contributed by atoms with van der Waals surface area (Å²) in [4.78, 5) is 0. The van der Waals surface area contributed by atoms with Crippen molar-refractivity contribution < 1.29 is 4.39 Å². The predicted molar refractivity (Wildman–Crippen MR) is 78.1 cm³/mol. The molecule has 0 bridgehead atoms. The molecule has 2 aromatic carbocycles. The molecule has 0 saturated carbocycles. The second-order valence-corrected chi connectivity index (χ2v) is 4.22. The lowest BCUT2D eigenvalue weighted by Crippen LogP contribution is -1.85. The number of nitrogens with two attached hydrogens (primary N) is 1. The maximum absolute atomic E-state index is 13.2. The van der Waals surface area contributed by atoms with Crippen LogP contribution in [0, 0.1) is 0 Å². The van der Waals surface area contributed by atoms with E-state index in [4.69, 9.17) is 5.73 Å². The fraction of sp³-hybridized carbons (Fsp3) is 0.0588. The normalized spacial score (nSPS) is 11.9. The van der Waals surface area contributed by atoms with Crippen LogP contribution in [0.2, 0.25) is 0 Å². The second-order valence-electron chi connectivity index (χ2n) is 4.22. The third-order valence-corrected chi connectivity index (χ3v) is 2.82. The van der Waals surface area contributed by atoms with Gasteiger partial charge in [-0.05, 0) is 41.5 Å². The Hall–Kier alpha value is -2.35. The standard InChI is InChI=1S/C17H16FN/c18-17(11-12-19)10-9-14-5-4-8-16(13-14)15-6-2-1-3-7-15/h1-8,10-13H,9,19H2/b12-11-,17-10+. The number of benzene rings is 2. The van der Waals surface area contributed by atoms with Crippen molar-refractivity contribution in [2.75, 3.05) is 0 Å². The van der Waals surface area contributed by atoms with Crippen LogP contribution in [0.15, 0.2) is 78.8 Å². The summed E-state index contributed by atoms with van der Waals surface area (Å²) in [7, 11) is 0. The lowest BCUT2D eigenvalue weighted by molar-refractivity contribution is 0.661. The van der Waals surface area contributed by atoms with E-state index in [0.29, 0.717) is 6.42 Å². The molecule has 0 atom stereocenters. The third-order valence-electron chi connectivity index (χ3n) is 2.82. The average Bonchev–Trinajstić information content (AvgIpc) is 2.47. The zero-order valence-corrected chi connectivity index (χ0v) is 10.6. The van der Waals surface area contributed by atoms with Crippen LogP contribution in [0.1, 0.15) is 5.56 Å². The van der Waals surface area contributed by atoms with Crippen molar-refractivity contribution in [3.8, 4) is 11.1 Å². The van der Waals surface area contributed by atoms with Crippen LogP contribution >= 0.6 is 0 Å². The highest BCUT2D eigenvalue weighted by molar-refractivity contribution is 5.64. The Balaban J connectivity index is 2.19. The summed E-state index contributed by atoms with van der Waals surface area (Å²) in [5, 5.41) is 0. The molecule has 2 heteroatoms. The van der Waals surface area contributed by atoms with Crippen LogP contribution in [0.25, 0.3) is 11.1 Å². The van der Waals surface area contributed by atoms with Gasteiger partial charge in [0, 0.05) is 0 Å². The summed E-state index contributed by atoms with van der Waals surface area (Å²) in [6.07, 6.45) is 4.53. The molecule has 0 saturated heterocycles. The fourth-order valence-corrected chi connectivity index (χ4v) is 1.88. The average molecular weight is 253 g/mol. The van der Waals surface area contributed by atoms with Gasteiger partial charge in [-0.2, -0.15) is 0 Å². The first kappa shape index (κ1) is 13.1. The van der Waals surface area contributed by atoms with Gasteiger partial charge in [0.2, 0.25) is 0 Å². The lowest BCUT2D eigenvalue weighted by atomic mass is 10.0. The van der Waals surface area contributed by atoms with Gasteiger partial charge in [-0.25, -0.2) is 4.39 Å². The Morgan fingerprint density at radius 2 is 1.74 bits per heavy atom. The number of hydrogen-bond acceptors (Lipinski definition) is 1. The quantitative estimate of drug-likeness (QED) is 0.811. The molecule has 0 amide bonds. The van der Waals surface area contributed by atoms with E-state index in [1.165, 1.54) is 18.4 Å². The van der Waals surface area contributed by atoms with E-state index in [-0.39, 0.29) is 5.83 Å². The minimum atomic E-state index is -0.312. The Kier molecular flexibility index (Phi) is 4.51. The molecule has 1 nitrogen and oxygen atoms in total. The Morgan fingerprint density at radius 3 is 2.47 bits per heavy atom. The Labute approximate surface area is 112 Å². The first-order chi connectivity index (χ1) is 9.29. The van der Waals surface area contributed by atoms with Crippen molar-refractivity contribution in [2.45, 2.75) is 6.42 Å². The predicted octanol–water partition coefficient (Wildman–Crippen LogP) is 4.22. The van der Waals surface area contributed by atoms with Crippen LogP contribution in [0.5, 0.6) is 0 Å². The molecule has 0 heterocycles. The molecule has 2 N–H and O–H groups in total. The number of rotatable bonds is 4. The fourth-order valence-electron chi connectivity index (χ4n) is 1.88. The van der Waals surface area contributed by atoms with Gasteiger partial charge in [0.1, 0.15) is 5.83 Å². The molecule has 0 fully saturated rings. The van der Waals surface area contributed by atoms with Crippen molar-refractivity contribution >= 4 is 0 Å². The van der Waals surface area contributed by atoms with Crippen LogP contribution in [0.3, 0.4) is 0 Å². The van der Waals surface area contributed by atoms with Gasteiger partial charge in [-0.1, -0.05) is 54.6 Å². The second kappa shape index (κ2) is 6.55. The molecule has 0 aromatic heterocycles. The minimum absolute atomic E-state index is 0.312. The summed E-state index contributed by atoms with van der Waals surface area (Å²) in [6.45, 7) is 0. The van der Waals surface area contributed by atoms with Crippen LogP contribution < -0.4 is 5.73 Å². The molecule has 0 unspecified atom stereocenters. The highest BCUT2D eigenvalue weighted by atomic mass is 19.1. The Bertz CT molecular complexity index is 585. The molecule has 2 aromatic rings. The van der Waals surface area contributed by atoms with Gasteiger partial charge in [0.05, 0.1) is 0 Å². The van der Waals surface area contributed by atoms with Gasteiger partial charge >= 0.3 is 0 Å². The first-order valence-electron chi connectivity index (χ1n) is 6.18. The van der Waals surface area contributed by atoms with Crippen molar-refractivity contribution in [1.29, 1.82) is 0 Å². The zero-order valence-electron chi connectivity index (χ0n) is 10.6. The highest BCUT2D eigenvalue weighted by Gasteiger charge is 1.98. The molecule has 0 aliphatic carbocycles. The molecular weight excluding hydrogens is 237 g/mol.